The second-order valence-corrected chi connectivity index (χ2v) is 5.96. The number of aromatic nitrogens is 1. The van der Waals surface area contributed by atoms with Crippen LogP contribution < -0.4 is 20.9 Å². The number of pyridine rings is 1. The Labute approximate surface area is 162 Å². The average molecular weight is 376 g/mol. The second kappa shape index (κ2) is 8.68. The van der Waals surface area contributed by atoms with E-state index in [2.05, 4.69) is 21.2 Å². The number of nitrogens with one attached hydrogen (secondary N) is 3. The molecule has 0 aliphatic rings. The van der Waals surface area contributed by atoms with Crippen LogP contribution in [-0.4, -0.2) is 24.0 Å². The molecule has 1 heterocycles. The fourth-order valence-corrected chi connectivity index (χ4v) is 2.59. The summed E-state index contributed by atoms with van der Waals surface area (Å²) in [5.74, 6) is 0.311. The van der Waals surface area contributed by atoms with Crippen molar-refractivity contribution in [1.29, 1.82) is 0 Å². The number of benzene rings is 2. The van der Waals surface area contributed by atoms with E-state index >= 15 is 0 Å². The first-order valence-corrected chi connectivity index (χ1v) is 8.61. The average Bonchev–Trinajstić information content (AvgIpc) is 2.73. The number of rotatable bonds is 4. The van der Waals surface area contributed by atoms with Gasteiger partial charge >= 0.3 is 6.03 Å². The van der Waals surface area contributed by atoms with Crippen molar-refractivity contribution in [3.8, 4) is 17.0 Å². The third kappa shape index (κ3) is 4.64. The number of urea groups is 1. The summed E-state index contributed by atoms with van der Waals surface area (Å²) in [5.41, 5.74) is 7.90. The van der Waals surface area contributed by atoms with Crippen molar-refractivity contribution in [2.75, 3.05) is 12.4 Å². The molecular formula is C21H20N4O3. The molecule has 7 nitrogen and oxygen atoms in total. The van der Waals surface area contributed by atoms with Crippen LogP contribution in [0.2, 0.25) is 0 Å². The van der Waals surface area contributed by atoms with Crippen LogP contribution in [0, 0.1) is 6.92 Å². The summed E-state index contributed by atoms with van der Waals surface area (Å²) in [7, 11) is 1.61. The molecule has 2 aromatic carbocycles. The highest BCUT2D eigenvalue weighted by molar-refractivity contribution is 5.98. The van der Waals surface area contributed by atoms with Crippen LogP contribution in [0.15, 0.2) is 66.7 Å². The van der Waals surface area contributed by atoms with E-state index in [0.29, 0.717) is 16.9 Å². The predicted octanol–water partition coefficient (Wildman–Crippen LogP) is 3.53. The molecule has 142 valence electrons. The van der Waals surface area contributed by atoms with Crippen LogP contribution in [0.5, 0.6) is 5.75 Å². The minimum absolute atomic E-state index is 0.372. The van der Waals surface area contributed by atoms with Crippen LogP contribution in [0.25, 0.3) is 11.3 Å². The van der Waals surface area contributed by atoms with Crippen molar-refractivity contribution < 1.29 is 14.3 Å². The van der Waals surface area contributed by atoms with Crippen molar-refractivity contribution in [1.82, 2.24) is 15.8 Å². The summed E-state index contributed by atoms with van der Waals surface area (Å²) in [5, 5.41) is 2.61. The second-order valence-electron chi connectivity index (χ2n) is 5.96. The Morgan fingerprint density at radius 1 is 0.893 bits per heavy atom. The first-order chi connectivity index (χ1) is 13.6. The van der Waals surface area contributed by atoms with Crippen molar-refractivity contribution in [3.05, 3.63) is 78.0 Å². The molecule has 0 unspecified atom stereocenters. The Balaban J connectivity index is 1.62. The molecule has 0 radical (unpaired) electrons. The molecule has 7 heteroatoms. The van der Waals surface area contributed by atoms with E-state index in [1.165, 1.54) is 0 Å². The number of para-hydroxylation sites is 1. The summed E-state index contributed by atoms with van der Waals surface area (Å²) in [4.78, 5) is 28.7. The van der Waals surface area contributed by atoms with Gasteiger partial charge in [-0.2, -0.15) is 0 Å². The highest BCUT2D eigenvalue weighted by atomic mass is 16.5. The maximum Gasteiger partial charge on any atom is 0.337 e. The van der Waals surface area contributed by atoms with Crippen molar-refractivity contribution in [3.63, 3.8) is 0 Å². The number of methoxy groups -OCH3 is 1. The standard InChI is InChI=1S/C21H20N4O3/c1-14-18(12-13-19(22-14)15-8-10-17(28-2)11-9-15)20(26)24-25-21(27)23-16-6-4-3-5-7-16/h3-13H,1-2H3,(H,24,26)(H2,23,25,27). The van der Waals surface area contributed by atoms with Gasteiger partial charge in [-0.05, 0) is 55.5 Å². The van der Waals surface area contributed by atoms with Gasteiger partial charge in [-0.15, -0.1) is 0 Å². The molecule has 0 fully saturated rings. The van der Waals surface area contributed by atoms with Gasteiger partial charge in [0.05, 0.1) is 24.1 Å². The van der Waals surface area contributed by atoms with Crippen LogP contribution in [0.1, 0.15) is 16.1 Å². The lowest BCUT2D eigenvalue weighted by Crippen LogP contribution is -2.44. The normalized spacial score (nSPS) is 10.1. The van der Waals surface area contributed by atoms with Gasteiger partial charge in [0, 0.05) is 11.3 Å². The monoisotopic (exact) mass is 376 g/mol. The molecule has 1 aromatic heterocycles. The molecule has 0 aliphatic heterocycles. The summed E-state index contributed by atoms with van der Waals surface area (Å²) in [6.07, 6.45) is 0. The van der Waals surface area contributed by atoms with Gasteiger partial charge in [-0.1, -0.05) is 18.2 Å². The zero-order chi connectivity index (χ0) is 19.9. The number of hydrazine groups is 1. The number of aryl methyl sites for hydroxylation is 1. The zero-order valence-electron chi connectivity index (χ0n) is 15.5. The third-order valence-electron chi connectivity index (χ3n) is 4.04. The molecule has 3 aromatic rings. The molecule has 0 saturated heterocycles. The number of hydrogen-bond acceptors (Lipinski definition) is 4. The van der Waals surface area contributed by atoms with E-state index in [0.717, 1.165) is 17.0 Å². The maximum absolute atomic E-state index is 12.3. The fourth-order valence-electron chi connectivity index (χ4n) is 2.59. The summed E-state index contributed by atoms with van der Waals surface area (Å²) < 4.78 is 5.15. The van der Waals surface area contributed by atoms with Gasteiger partial charge < -0.3 is 10.1 Å². The number of ether oxygens (including phenoxy) is 1. The smallest absolute Gasteiger partial charge is 0.337 e. The molecule has 0 atom stereocenters. The van der Waals surface area contributed by atoms with Crippen LogP contribution in [-0.2, 0) is 0 Å². The number of nitrogens with zero attached hydrogens (tertiary/aromatic N) is 1. The minimum atomic E-state index is -0.542. The summed E-state index contributed by atoms with van der Waals surface area (Å²) in [6.45, 7) is 1.74. The topological polar surface area (TPSA) is 92.4 Å². The Morgan fingerprint density at radius 2 is 1.61 bits per heavy atom. The van der Waals surface area contributed by atoms with Crippen LogP contribution in [0.4, 0.5) is 10.5 Å². The fraction of sp³-hybridized carbons (Fsp3) is 0.0952. The van der Waals surface area contributed by atoms with E-state index in [4.69, 9.17) is 4.74 Å². The Kier molecular flexibility index (Phi) is 5.86. The molecule has 3 rings (SSSR count). The van der Waals surface area contributed by atoms with Gasteiger partial charge in [0.2, 0.25) is 0 Å². The van der Waals surface area contributed by atoms with E-state index in [9.17, 15) is 9.59 Å². The molecule has 3 N–H and O–H groups in total. The molecule has 3 amide bonds. The molecule has 0 aliphatic carbocycles. The number of amides is 3. The van der Waals surface area contributed by atoms with Gasteiger partial charge in [0.1, 0.15) is 5.75 Å². The first kappa shape index (κ1) is 18.9. The summed E-state index contributed by atoms with van der Waals surface area (Å²) in [6, 6.07) is 19.3. The largest absolute Gasteiger partial charge is 0.497 e. The predicted molar refractivity (Wildman–Crippen MR) is 107 cm³/mol. The van der Waals surface area contributed by atoms with Gasteiger partial charge in [-0.3, -0.25) is 15.2 Å². The van der Waals surface area contributed by atoms with E-state index in [-0.39, 0.29) is 0 Å². The third-order valence-corrected chi connectivity index (χ3v) is 4.04. The Hall–Kier alpha value is -3.87. The highest BCUT2D eigenvalue weighted by Crippen LogP contribution is 2.22. The lowest BCUT2D eigenvalue weighted by molar-refractivity contribution is 0.0937. The quantitative estimate of drug-likeness (QED) is 0.608. The van der Waals surface area contributed by atoms with Crippen LogP contribution in [0.3, 0.4) is 0 Å². The number of carbonyl (C=O) groups is 2. The SMILES string of the molecule is COc1ccc(-c2ccc(C(=O)NNC(=O)Nc3ccccc3)c(C)n2)cc1. The molecule has 0 saturated carbocycles. The van der Waals surface area contributed by atoms with Crippen molar-refractivity contribution in [2.24, 2.45) is 0 Å². The molecular weight excluding hydrogens is 356 g/mol. The summed E-state index contributed by atoms with van der Waals surface area (Å²) >= 11 is 0. The zero-order valence-corrected chi connectivity index (χ0v) is 15.5. The number of anilines is 1. The van der Waals surface area contributed by atoms with Gasteiger partial charge in [0.15, 0.2) is 0 Å². The van der Waals surface area contributed by atoms with E-state index in [1.54, 1.807) is 50.4 Å². The Bertz CT molecular complexity index is 973. The minimum Gasteiger partial charge on any atom is -0.497 e. The van der Waals surface area contributed by atoms with E-state index < -0.39 is 11.9 Å². The molecule has 0 spiro atoms. The Morgan fingerprint density at radius 3 is 2.25 bits per heavy atom. The number of hydrogen-bond donors (Lipinski definition) is 3. The van der Waals surface area contributed by atoms with Gasteiger partial charge in [-0.25, -0.2) is 10.2 Å². The number of carbonyl (C=O) groups excluding carboxylic acids is 2. The van der Waals surface area contributed by atoms with E-state index in [1.807, 2.05) is 30.3 Å². The van der Waals surface area contributed by atoms with Crippen molar-refractivity contribution in [2.45, 2.75) is 6.92 Å². The highest BCUT2D eigenvalue weighted by Gasteiger charge is 2.12. The lowest BCUT2D eigenvalue weighted by atomic mass is 10.1. The molecule has 28 heavy (non-hydrogen) atoms. The van der Waals surface area contributed by atoms with Gasteiger partial charge in [0.25, 0.3) is 5.91 Å². The van der Waals surface area contributed by atoms with Crippen molar-refractivity contribution >= 4 is 17.6 Å². The van der Waals surface area contributed by atoms with Crippen LogP contribution >= 0.6 is 0 Å². The first-order valence-electron chi connectivity index (χ1n) is 8.61. The lowest BCUT2D eigenvalue weighted by Gasteiger charge is -2.11. The maximum atomic E-state index is 12.3. The molecule has 0 bridgehead atoms.